The number of nitro groups is 2. The van der Waals surface area contributed by atoms with Crippen molar-refractivity contribution in [1.29, 1.82) is 0 Å². The molecular formula is C17H12ClN5O6. The molecule has 0 aliphatic carbocycles. The number of carbonyl (C=O) groups excluding carboxylic acids is 1. The van der Waals surface area contributed by atoms with Crippen molar-refractivity contribution in [1.82, 2.24) is 10.2 Å². The number of carbonyl (C=O) groups is 1. The number of H-pyrrole nitrogens is 1. The van der Waals surface area contributed by atoms with E-state index in [2.05, 4.69) is 15.5 Å². The molecule has 2 N–H and O–H groups in total. The standard InChI is InChI=1S/C17H12ClN5O6/c1-9-4-10(18)2-3-15(9)29-13-6-11(5-12(7-13)22(25)26)20-17(24)16-14(23(27)28)8-19-21-16/h2-8H,1H3,(H,19,21)(H,20,24). The predicted molar refractivity (Wildman–Crippen MR) is 103 cm³/mol. The summed E-state index contributed by atoms with van der Waals surface area (Å²) in [5.41, 5.74) is -0.556. The van der Waals surface area contributed by atoms with E-state index in [0.717, 1.165) is 12.3 Å². The fourth-order valence-corrected chi connectivity index (χ4v) is 2.68. The first-order valence-corrected chi connectivity index (χ1v) is 8.35. The Balaban J connectivity index is 1.92. The number of nitro benzene ring substituents is 1. The number of aromatic amines is 1. The molecule has 12 heteroatoms. The monoisotopic (exact) mass is 417 g/mol. The molecule has 2 aromatic carbocycles. The summed E-state index contributed by atoms with van der Waals surface area (Å²) in [5, 5.41) is 30.8. The Labute approximate surface area is 167 Å². The van der Waals surface area contributed by atoms with E-state index in [4.69, 9.17) is 16.3 Å². The van der Waals surface area contributed by atoms with Crippen LogP contribution in [-0.4, -0.2) is 26.0 Å². The van der Waals surface area contributed by atoms with Crippen LogP contribution in [-0.2, 0) is 0 Å². The molecule has 1 heterocycles. The summed E-state index contributed by atoms with van der Waals surface area (Å²) in [7, 11) is 0. The topological polar surface area (TPSA) is 153 Å². The number of aryl methyl sites for hydroxylation is 1. The summed E-state index contributed by atoms with van der Waals surface area (Å²) in [4.78, 5) is 33.1. The summed E-state index contributed by atoms with van der Waals surface area (Å²) in [6, 6.07) is 8.49. The molecule has 3 rings (SSSR count). The van der Waals surface area contributed by atoms with Crippen molar-refractivity contribution in [2.45, 2.75) is 6.92 Å². The molecule has 11 nitrogen and oxygen atoms in total. The Hall–Kier alpha value is -3.99. The summed E-state index contributed by atoms with van der Waals surface area (Å²) in [6.45, 7) is 1.75. The number of benzene rings is 2. The maximum atomic E-state index is 12.3. The highest BCUT2D eigenvalue weighted by atomic mass is 35.5. The van der Waals surface area contributed by atoms with E-state index in [0.29, 0.717) is 16.3 Å². The van der Waals surface area contributed by atoms with Crippen molar-refractivity contribution in [2.24, 2.45) is 0 Å². The number of aromatic nitrogens is 2. The van der Waals surface area contributed by atoms with Crippen LogP contribution in [0.1, 0.15) is 16.1 Å². The van der Waals surface area contributed by atoms with Gasteiger partial charge in [-0.25, -0.2) is 0 Å². The molecule has 0 aliphatic rings. The van der Waals surface area contributed by atoms with Crippen molar-refractivity contribution in [3.05, 3.63) is 79.1 Å². The molecule has 0 radical (unpaired) electrons. The Kier molecular flexibility index (Phi) is 5.41. The van der Waals surface area contributed by atoms with Gasteiger partial charge in [-0.05, 0) is 30.7 Å². The number of nitrogens with one attached hydrogen (secondary N) is 2. The van der Waals surface area contributed by atoms with Gasteiger partial charge in [0.2, 0.25) is 5.69 Å². The zero-order valence-electron chi connectivity index (χ0n) is 14.7. The van der Waals surface area contributed by atoms with Crippen molar-refractivity contribution in [2.75, 3.05) is 5.32 Å². The van der Waals surface area contributed by atoms with Gasteiger partial charge in [-0.2, -0.15) is 5.10 Å². The number of anilines is 1. The third kappa shape index (κ3) is 4.47. The van der Waals surface area contributed by atoms with Gasteiger partial charge in [0.25, 0.3) is 11.6 Å². The second kappa shape index (κ2) is 7.94. The molecule has 0 spiro atoms. The lowest BCUT2D eigenvalue weighted by Gasteiger charge is -2.11. The number of hydrogen-bond acceptors (Lipinski definition) is 7. The first-order chi connectivity index (χ1) is 13.7. The molecule has 0 fully saturated rings. The Morgan fingerprint density at radius 1 is 1.17 bits per heavy atom. The SMILES string of the molecule is Cc1cc(Cl)ccc1Oc1cc(NC(=O)c2[nH]ncc2[N+](=O)[O-])cc([N+](=O)[O-])c1. The van der Waals surface area contributed by atoms with Gasteiger partial charge in [0, 0.05) is 17.2 Å². The van der Waals surface area contributed by atoms with E-state index < -0.39 is 27.1 Å². The van der Waals surface area contributed by atoms with Crippen LogP contribution in [0.3, 0.4) is 0 Å². The lowest BCUT2D eigenvalue weighted by molar-refractivity contribution is -0.385. The van der Waals surface area contributed by atoms with Crippen LogP contribution in [0.5, 0.6) is 11.5 Å². The van der Waals surface area contributed by atoms with Crippen LogP contribution in [0.4, 0.5) is 17.1 Å². The van der Waals surface area contributed by atoms with Gasteiger partial charge < -0.3 is 10.1 Å². The molecule has 3 aromatic rings. The average Bonchev–Trinajstić information content (AvgIpc) is 3.14. The van der Waals surface area contributed by atoms with E-state index in [1.807, 2.05) is 0 Å². The highest BCUT2D eigenvalue weighted by Gasteiger charge is 2.23. The fourth-order valence-electron chi connectivity index (χ4n) is 2.45. The maximum absolute atomic E-state index is 12.3. The van der Waals surface area contributed by atoms with Crippen LogP contribution in [0.15, 0.2) is 42.6 Å². The normalized spacial score (nSPS) is 10.4. The molecule has 1 aromatic heterocycles. The highest BCUT2D eigenvalue weighted by Crippen LogP contribution is 2.32. The van der Waals surface area contributed by atoms with Gasteiger partial charge in [0.15, 0.2) is 0 Å². The van der Waals surface area contributed by atoms with E-state index in [-0.39, 0.29) is 17.1 Å². The van der Waals surface area contributed by atoms with Gasteiger partial charge >= 0.3 is 5.69 Å². The predicted octanol–water partition coefficient (Wildman–Crippen LogP) is 4.23. The first-order valence-electron chi connectivity index (χ1n) is 7.97. The second-order valence-electron chi connectivity index (χ2n) is 5.83. The van der Waals surface area contributed by atoms with E-state index >= 15 is 0 Å². The molecule has 148 valence electrons. The number of halogens is 1. The Morgan fingerprint density at radius 3 is 2.59 bits per heavy atom. The van der Waals surface area contributed by atoms with Gasteiger partial charge in [-0.15, -0.1) is 0 Å². The van der Waals surface area contributed by atoms with Gasteiger partial charge in [-0.3, -0.25) is 30.1 Å². The third-order valence-electron chi connectivity index (χ3n) is 3.77. The number of non-ortho nitro benzene ring substituents is 1. The minimum Gasteiger partial charge on any atom is -0.457 e. The fraction of sp³-hybridized carbons (Fsp3) is 0.0588. The smallest absolute Gasteiger partial charge is 0.319 e. The van der Waals surface area contributed by atoms with Gasteiger partial charge in [0.1, 0.15) is 17.7 Å². The largest absolute Gasteiger partial charge is 0.457 e. The molecule has 0 saturated heterocycles. The second-order valence-corrected chi connectivity index (χ2v) is 6.26. The lowest BCUT2D eigenvalue weighted by atomic mass is 10.2. The lowest BCUT2D eigenvalue weighted by Crippen LogP contribution is -2.14. The molecule has 0 unspecified atom stereocenters. The molecular weight excluding hydrogens is 406 g/mol. The molecule has 0 aliphatic heterocycles. The zero-order chi connectivity index (χ0) is 21.1. The summed E-state index contributed by atoms with van der Waals surface area (Å²) in [6.07, 6.45) is 0.889. The number of ether oxygens (including phenoxy) is 1. The first kappa shape index (κ1) is 19.8. The molecule has 29 heavy (non-hydrogen) atoms. The minimum atomic E-state index is -0.886. The quantitative estimate of drug-likeness (QED) is 0.449. The van der Waals surface area contributed by atoms with Gasteiger partial charge in [0.05, 0.1) is 21.6 Å². The third-order valence-corrected chi connectivity index (χ3v) is 4.00. The van der Waals surface area contributed by atoms with Crippen molar-refractivity contribution >= 4 is 34.6 Å². The number of amides is 1. The van der Waals surface area contributed by atoms with Crippen LogP contribution < -0.4 is 10.1 Å². The molecule has 0 saturated carbocycles. The molecule has 0 atom stereocenters. The molecule has 1 amide bonds. The summed E-state index contributed by atoms with van der Waals surface area (Å²) >= 11 is 5.90. The molecule has 0 bridgehead atoms. The van der Waals surface area contributed by atoms with Crippen molar-refractivity contribution < 1.29 is 19.4 Å². The van der Waals surface area contributed by atoms with Crippen LogP contribution in [0.2, 0.25) is 5.02 Å². The number of hydrogen-bond donors (Lipinski definition) is 2. The average molecular weight is 418 g/mol. The van der Waals surface area contributed by atoms with Crippen LogP contribution in [0.25, 0.3) is 0 Å². The highest BCUT2D eigenvalue weighted by molar-refractivity contribution is 6.30. The van der Waals surface area contributed by atoms with E-state index in [1.165, 1.54) is 12.1 Å². The summed E-state index contributed by atoms with van der Waals surface area (Å²) in [5.74, 6) is -0.390. The zero-order valence-corrected chi connectivity index (χ0v) is 15.5. The Morgan fingerprint density at radius 2 is 1.93 bits per heavy atom. The van der Waals surface area contributed by atoms with E-state index in [1.54, 1.807) is 25.1 Å². The minimum absolute atomic E-state index is 0.00899. The van der Waals surface area contributed by atoms with Crippen LogP contribution in [0, 0.1) is 27.2 Å². The van der Waals surface area contributed by atoms with Gasteiger partial charge in [-0.1, -0.05) is 11.6 Å². The number of nitrogens with zero attached hydrogens (tertiary/aromatic N) is 3. The maximum Gasteiger partial charge on any atom is 0.319 e. The van der Waals surface area contributed by atoms with E-state index in [9.17, 15) is 25.0 Å². The van der Waals surface area contributed by atoms with Crippen molar-refractivity contribution in [3.63, 3.8) is 0 Å². The Bertz CT molecular complexity index is 1130. The summed E-state index contributed by atoms with van der Waals surface area (Å²) < 4.78 is 5.69. The van der Waals surface area contributed by atoms with Crippen molar-refractivity contribution in [3.8, 4) is 11.5 Å². The number of rotatable bonds is 6. The van der Waals surface area contributed by atoms with Crippen LogP contribution >= 0.6 is 11.6 Å².